The lowest BCUT2D eigenvalue weighted by Crippen LogP contribution is -2.51. The first kappa shape index (κ1) is 13.2. The van der Waals surface area contributed by atoms with E-state index in [0.717, 1.165) is 6.54 Å². The highest BCUT2D eigenvalue weighted by Crippen LogP contribution is 2.15. The van der Waals surface area contributed by atoms with Crippen LogP contribution in [0.15, 0.2) is 0 Å². The Morgan fingerprint density at radius 2 is 2.07 bits per heavy atom. The summed E-state index contributed by atoms with van der Waals surface area (Å²) in [4.78, 5) is 10.6. The molecule has 0 radical (unpaired) electrons. The molecule has 80 valence electrons. The molecule has 1 unspecified atom stereocenters. The molecule has 14 heavy (non-hydrogen) atoms. The maximum atomic E-state index is 10.6. The topological polar surface area (TPSA) is 40.5 Å². The number of rotatable bonds is 5. The van der Waals surface area contributed by atoms with Gasteiger partial charge in [-0.05, 0) is 6.54 Å². The van der Waals surface area contributed by atoms with E-state index in [1.54, 1.807) is 0 Å². The summed E-state index contributed by atoms with van der Waals surface area (Å²) in [6.45, 7) is 9.34. The number of hydrogen-bond donors (Lipinski definition) is 1. The average molecular weight is 213 g/mol. The molecule has 1 N–H and O–H groups in total. The summed E-state index contributed by atoms with van der Waals surface area (Å²) in [5, 5.41) is 8.72. The van der Waals surface area contributed by atoms with Gasteiger partial charge in [0, 0.05) is 0 Å². The number of carbonyl (C=O) groups is 1. The summed E-state index contributed by atoms with van der Waals surface area (Å²) in [6, 6.07) is -0.260. The van der Waals surface area contributed by atoms with E-state index in [2.05, 4.69) is 30.1 Å². The molecular formula is C10H19NO2Si. The van der Waals surface area contributed by atoms with Crippen molar-refractivity contribution in [2.24, 2.45) is 0 Å². The second-order valence-corrected chi connectivity index (χ2v) is 9.15. The van der Waals surface area contributed by atoms with Crippen LogP contribution in [-0.2, 0) is 4.79 Å². The standard InChI is InChI=1S/C10H19NO2Si/c1-6-9(8-10(12)13)11(7-2)14(3,4)5/h1,9H,7-8H2,2-5H3,(H,12,13). The Bertz CT molecular complexity index is 239. The van der Waals surface area contributed by atoms with Crippen LogP contribution >= 0.6 is 0 Å². The van der Waals surface area contributed by atoms with Crippen molar-refractivity contribution in [3.05, 3.63) is 0 Å². The van der Waals surface area contributed by atoms with Crippen molar-refractivity contribution >= 4 is 14.2 Å². The van der Waals surface area contributed by atoms with Gasteiger partial charge in [0.2, 0.25) is 0 Å². The van der Waals surface area contributed by atoms with Gasteiger partial charge in [0.25, 0.3) is 0 Å². The molecular weight excluding hydrogens is 194 g/mol. The van der Waals surface area contributed by atoms with Crippen molar-refractivity contribution in [2.75, 3.05) is 6.54 Å². The fraction of sp³-hybridized carbons (Fsp3) is 0.700. The Hall–Kier alpha value is -0.793. The van der Waals surface area contributed by atoms with Gasteiger partial charge in [-0.1, -0.05) is 32.5 Å². The van der Waals surface area contributed by atoms with Gasteiger partial charge in [0.05, 0.1) is 12.5 Å². The summed E-state index contributed by atoms with van der Waals surface area (Å²) in [5.74, 6) is 1.74. The third-order valence-electron chi connectivity index (χ3n) is 2.14. The van der Waals surface area contributed by atoms with Gasteiger partial charge in [-0.15, -0.1) is 6.42 Å². The van der Waals surface area contributed by atoms with Gasteiger partial charge in [0.15, 0.2) is 0 Å². The molecule has 0 saturated heterocycles. The fourth-order valence-corrected chi connectivity index (χ4v) is 3.64. The van der Waals surface area contributed by atoms with Crippen molar-refractivity contribution in [2.45, 2.75) is 39.0 Å². The third kappa shape index (κ3) is 3.94. The third-order valence-corrected chi connectivity index (χ3v) is 4.49. The lowest BCUT2D eigenvalue weighted by atomic mass is 10.2. The second-order valence-electron chi connectivity index (χ2n) is 4.24. The van der Waals surface area contributed by atoms with Crippen LogP contribution < -0.4 is 0 Å². The molecule has 0 aliphatic rings. The number of nitrogens with zero attached hydrogens (tertiary/aromatic N) is 1. The normalized spacial score (nSPS) is 13.7. The average Bonchev–Trinajstić information content (AvgIpc) is 2.00. The van der Waals surface area contributed by atoms with E-state index in [1.807, 2.05) is 6.92 Å². The molecule has 0 saturated carbocycles. The minimum Gasteiger partial charge on any atom is -0.481 e. The smallest absolute Gasteiger partial charge is 0.305 e. The molecule has 0 aliphatic carbocycles. The second kappa shape index (κ2) is 5.18. The van der Waals surface area contributed by atoms with Gasteiger partial charge >= 0.3 is 5.97 Å². The molecule has 0 heterocycles. The number of terminal acetylenes is 1. The number of hydrogen-bond acceptors (Lipinski definition) is 2. The van der Waals surface area contributed by atoms with E-state index >= 15 is 0 Å². The number of carboxylic acids is 1. The van der Waals surface area contributed by atoms with Crippen LogP contribution in [0, 0.1) is 12.3 Å². The van der Waals surface area contributed by atoms with Crippen molar-refractivity contribution in [1.29, 1.82) is 0 Å². The highest BCUT2D eigenvalue weighted by molar-refractivity contribution is 6.73. The fourth-order valence-electron chi connectivity index (χ4n) is 1.59. The minimum atomic E-state index is -1.51. The number of carboxylic acid groups (broad SMARTS) is 1. The predicted octanol–water partition coefficient (Wildman–Crippen LogP) is 1.62. The summed E-state index contributed by atoms with van der Waals surface area (Å²) >= 11 is 0. The zero-order valence-electron chi connectivity index (χ0n) is 9.37. The Morgan fingerprint density at radius 3 is 2.29 bits per heavy atom. The van der Waals surface area contributed by atoms with Gasteiger partial charge in [-0.2, -0.15) is 0 Å². The van der Waals surface area contributed by atoms with Gasteiger partial charge < -0.3 is 9.67 Å². The lowest BCUT2D eigenvalue weighted by molar-refractivity contribution is -0.137. The summed E-state index contributed by atoms with van der Waals surface area (Å²) in [7, 11) is -1.51. The van der Waals surface area contributed by atoms with Gasteiger partial charge in [-0.25, -0.2) is 0 Å². The van der Waals surface area contributed by atoms with Crippen LogP contribution in [0.25, 0.3) is 0 Å². The number of aliphatic carboxylic acids is 1. The van der Waals surface area contributed by atoms with E-state index in [1.165, 1.54) is 0 Å². The molecule has 0 aliphatic heterocycles. The zero-order chi connectivity index (χ0) is 11.4. The van der Waals surface area contributed by atoms with Crippen LogP contribution in [0.3, 0.4) is 0 Å². The molecule has 0 aromatic heterocycles. The first-order valence-corrected chi connectivity index (χ1v) is 8.22. The molecule has 0 fully saturated rings. The van der Waals surface area contributed by atoms with E-state index in [9.17, 15) is 4.79 Å². The highest BCUT2D eigenvalue weighted by atomic mass is 28.3. The molecule has 0 rings (SSSR count). The predicted molar refractivity (Wildman–Crippen MR) is 60.6 cm³/mol. The lowest BCUT2D eigenvalue weighted by Gasteiger charge is -2.36. The molecule has 0 aromatic carbocycles. The molecule has 0 spiro atoms. The monoisotopic (exact) mass is 213 g/mol. The first-order valence-electron chi connectivity index (χ1n) is 4.77. The maximum Gasteiger partial charge on any atom is 0.305 e. The van der Waals surface area contributed by atoms with Crippen LogP contribution in [0.2, 0.25) is 19.6 Å². The molecule has 0 aromatic rings. The van der Waals surface area contributed by atoms with E-state index in [-0.39, 0.29) is 12.5 Å². The van der Waals surface area contributed by atoms with E-state index < -0.39 is 14.2 Å². The molecule has 0 amide bonds. The Kier molecular flexibility index (Phi) is 4.88. The van der Waals surface area contributed by atoms with Crippen LogP contribution in [0.1, 0.15) is 13.3 Å². The Morgan fingerprint density at radius 1 is 1.57 bits per heavy atom. The van der Waals surface area contributed by atoms with E-state index in [0.29, 0.717) is 0 Å². The van der Waals surface area contributed by atoms with Gasteiger partial charge in [0.1, 0.15) is 8.24 Å². The van der Waals surface area contributed by atoms with Gasteiger partial charge in [-0.3, -0.25) is 4.79 Å². The molecule has 4 heteroatoms. The maximum absolute atomic E-state index is 10.6. The quantitative estimate of drug-likeness (QED) is 0.557. The van der Waals surface area contributed by atoms with Crippen molar-refractivity contribution in [3.63, 3.8) is 0 Å². The Labute approximate surface area is 87.2 Å². The minimum absolute atomic E-state index is 0.0363. The highest BCUT2D eigenvalue weighted by Gasteiger charge is 2.29. The van der Waals surface area contributed by atoms with Crippen LogP contribution in [0.4, 0.5) is 0 Å². The zero-order valence-corrected chi connectivity index (χ0v) is 10.4. The van der Waals surface area contributed by atoms with Crippen molar-refractivity contribution in [1.82, 2.24) is 4.57 Å². The van der Waals surface area contributed by atoms with Crippen molar-refractivity contribution in [3.8, 4) is 12.3 Å². The largest absolute Gasteiger partial charge is 0.481 e. The van der Waals surface area contributed by atoms with Crippen LogP contribution in [0.5, 0.6) is 0 Å². The summed E-state index contributed by atoms with van der Waals surface area (Å²) in [5.41, 5.74) is 0. The molecule has 3 nitrogen and oxygen atoms in total. The summed E-state index contributed by atoms with van der Waals surface area (Å²) in [6.07, 6.45) is 5.40. The van der Waals surface area contributed by atoms with Crippen LogP contribution in [-0.4, -0.2) is 36.5 Å². The molecule has 0 bridgehead atoms. The SMILES string of the molecule is C#CC(CC(=O)O)N(CC)[Si](C)(C)C. The molecule has 1 atom stereocenters. The summed E-state index contributed by atoms with van der Waals surface area (Å²) < 4.78 is 2.15. The first-order chi connectivity index (χ1) is 6.32. The Balaban J connectivity index is 4.64. The van der Waals surface area contributed by atoms with Crippen molar-refractivity contribution < 1.29 is 9.90 Å². The van der Waals surface area contributed by atoms with E-state index in [4.69, 9.17) is 11.5 Å².